The molecule has 0 aliphatic carbocycles. The van der Waals surface area contributed by atoms with Crippen LogP contribution in [0.5, 0.6) is 0 Å². The van der Waals surface area contributed by atoms with Crippen molar-refractivity contribution in [1.82, 2.24) is 14.3 Å². The summed E-state index contributed by atoms with van der Waals surface area (Å²) in [5.74, 6) is 0.411. The third-order valence-electron chi connectivity index (χ3n) is 4.43. The molecule has 0 bridgehead atoms. The number of piperidine rings is 1. The van der Waals surface area contributed by atoms with Crippen molar-refractivity contribution in [3.8, 4) is 0 Å². The minimum absolute atomic E-state index is 0.341. The fourth-order valence-corrected chi connectivity index (χ4v) is 4.52. The molecule has 2 N–H and O–H groups in total. The number of hydrogen-bond donors (Lipinski definition) is 2. The molecule has 2 heterocycles. The molecule has 0 saturated carbocycles. The number of nitrogens with one attached hydrogen (secondary N) is 2. The zero-order valence-electron chi connectivity index (χ0n) is 13.2. The Balaban J connectivity index is 1.86. The van der Waals surface area contributed by atoms with Crippen LogP contribution < -0.4 is 10.0 Å². The fraction of sp³-hybridized carbons (Fsp3) is 1.00. The Kier molecular flexibility index (Phi) is 6.02. The van der Waals surface area contributed by atoms with E-state index < -0.39 is 10.2 Å². The summed E-state index contributed by atoms with van der Waals surface area (Å²) in [6.45, 7) is 8.19. The highest BCUT2D eigenvalue weighted by atomic mass is 32.2. The second-order valence-electron chi connectivity index (χ2n) is 6.40. The van der Waals surface area contributed by atoms with Gasteiger partial charge < -0.3 is 10.1 Å². The lowest BCUT2D eigenvalue weighted by molar-refractivity contribution is 0.0247. The van der Waals surface area contributed by atoms with Gasteiger partial charge in [-0.2, -0.15) is 17.4 Å². The van der Waals surface area contributed by atoms with Gasteiger partial charge in [0.05, 0.1) is 5.60 Å². The molecule has 2 aliphatic heterocycles. The maximum Gasteiger partial charge on any atom is 0.279 e. The Morgan fingerprint density at radius 1 is 1.38 bits per heavy atom. The SMILES string of the molecule is CCNCC1CCCN(S(=O)(=O)NCC2(C)CCCO2)C1. The second kappa shape index (κ2) is 7.37. The average Bonchev–Trinajstić information content (AvgIpc) is 2.91. The first kappa shape index (κ1) is 17.1. The molecule has 0 amide bonds. The molecule has 21 heavy (non-hydrogen) atoms. The largest absolute Gasteiger partial charge is 0.374 e. The van der Waals surface area contributed by atoms with Gasteiger partial charge in [-0.1, -0.05) is 6.92 Å². The Hall–Kier alpha value is -0.210. The van der Waals surface area contributed by atoms with Crippen molar-refractivity contribution >= 4 is 10.2 Å². The van der Waals surface area contributed by atoms with E-state index in [1.807, 2.05) is 6.92 Å². The first-order valence-electron chi connectivity index (χ1n) is 8.04. The molecule has 124 valence electrons. The Labute approximate surface area is 128 Å². The van der Waals surface area contributed by atoms with E-state index >= 15 is 0 Å². The molecule has 2 saturated heterocycles. The Morgan fingerprint density at radius 2 is 2.19 bits per heavy atom. The van der Waals surface area contributed by atoms with E-state index in [9.17, 15) is 8.42 Å². The van der Waals surface area contributed by atoms with Gasteiger partial charge in [-0.05, 0) is 51.6 Å². The first-order chi connectivity index (χ1) is 9.95. The molecule has 0 aromatic rings. The maximum atomic E-state index is 12.4. The van der Waals surface area contributed by atoms with Gasteiger partial charge in [-0.25, -0.2) is 0 Å². The van der Waals surface area contributed by atoms with E-state index in [1.165, 1.54) is 0 Å². The van der Waals surface area contributed by atoms with Crippen molar-refractivity contribution in [3.05, 3.63) is 0 Å². The number of ether oxygens (including phenoxy) is 1. The van der Waals surface area contributed by atoms with Gasteiger partial charge in [0.1, 0.15) is 0 Å². The zero-order valence-corrected chi connectivity index (χ0v) is 14.0. The highest BCUT2D eigenvalue weighted by Crippen LogP contribution is 2.25. The fourth-order valence-electron chi connectivity index (χ4n) is 3.07. The van der Waals surface area contributed by atoms with E-state index in [2.05, 4.69) is 17.0 Å². The van der Waals surface area contributed by atoms with Crippen LogP contribution >= 0.6 is 0 Å². The molecule has 0 spiro atoms. The lowest BCUT2D eigenvalue weighted by Gasteiger charge is -2.33. The number of hydrogen-bond acceptors (Lipinski definition) is 4. The van der Waals surface area contributed by atoms with Crippen LogP contribution in [0.15, 0.2) is 0 Å². The van der Waals surface area contributed by atoms with Crippen LogP contribution in [0, 0.1) is 5.92 Å². The van der Waals surface area contributed by atoms with Crippen LogP contribution in [0.25, 0.3) is 0 Å². The summed E-state index contributed by atoms with van der Waals surface area (Å²) in [6.07, 6.45) is 3.95. The summed E-state index contributed by atoms with van der Waals surface area (Å²) in [7, 11) is -3.39. The quantitative estimate of drug-likeness (QED) is 0.725. The van der Waals surface area contributed by atoms with Gasteiger partial charge >= 0.3 is 0 Å². The van der Waals surface area contributed by atoms with Gasteiger partial charge in [-0.15, -0.1) is 0 Å². The van der Waals surface area contributed by atoms with Gasteiger partial charge in [-0.3, -0.25) is 0 Å². The molecule has 7 heteroatoms. The van der Waals surface area contributed by atoms with Gasteiger partial charge in [0, 0.05) is 26.2 Å². The van der Waals surface area contributed by atoms with Crippen LogP contribution in [-0.4, -0.2) is 57.7 Å². The lowest BCUT2D eigenvalue weighted by Crippen LogP contribution is -2.50. The van der Waals surface area contributed by atoms with Crippen molar-refractivity contribution in [2.24, 2.45) is 5.92 Å². The molecule has 2 unspecified atom stereocenters. The third kappa shape index (κ3) is 4.89. The minimum atomic E-state index is -3.39. The molecular weight excluding hydrogens is 290 g/mol. The van der Waals surface area contributed by atoms with Crippen molar-refractivity contribution in [2.45, 2.75) is 45.1 Å². The minimum Gasteiger partial charge on any atom is -0.374 e. The van der Waals surface area contributed by atoms with Crippen LogP contribution in [0.1, 0.15) is 39.5 Å². The number of rotatable bonds is 7. The van der Waals surface area contributed by atoms with E-state index in [4.69, 9.17) is 4.74 Å². The van der Waals surface area contributed by atoms with Crippen molar-refractivity contribution in [2.75, 3.05) is 39.3 Å². The molecule has 0 aromatic heterocycles. The predicted molar refractivity (Wildman–Crippen MR) is 83.4 cm³/mol. The lowest BCUT2D eigenvalue weighted by atomic mass is 10.00. The molecule has 2 atom stereocenters. The Morgan fingerprint density at radius 3 is 2.86 bits per heavy atom. The summed E-state index contributed by atoms with van der Waals surface area (Å²) >= 11 is 0. The molecule has 0 aromatic carbocycles. The van der Waals surface area contributed by atoms with Gasteiger partial charge in [0.2, 0.25) is 0 Å². The topological polar surface area (TPSA) is 70.7 Å². The van der Waals surface area contributed by atoms with Gasteiger partial charge in [0.15, 0.2) is 0 Å². The standard InChI is InChI=1S/C14H29N3O3S/c1-3-15-10-13-6-4-8-17(11-13)21(18,19)16-12-14(2)7-5-9-20-14/h13,15-16H,3-12H2,1-2H3. The van der Waals surface area contributed by atoms with E-state index in [0.717, 1.165) is 45.4 Å². The van der Waals surface area contributed by atoms with E-state index in [1.54, 1.807) is 4.31 Å². The van der Waals surface area contributed by atoms with Crippen LogP contribution in [0.4, 0.5) is 0 Å². The number of nitrogens with zero attached hydrogens (tertiary/aromatic N) is 1. The highest BCUT2D eigenvalue weighted by Gasteiger charge is 2.34. The third-order valence-corrected chi connectivity index (χ3v) is 5.95. The summed E-state index contributed by atoms with van der Waals surface area (Å²) in [4.78, 5) is 0. The monoisotopic (exact) mass is 319 g/mol. The van der Waals surface area contributed by atoms with Gasteiger partial charge in [0.25, 0.3) is 10.2 Å². The smallest absolute Gasteiger partial charge is 0.279 e. The summed E-state index contributed by atoms with van der Waals surface area (Å²) in [6, 6.07) is 0. The molecule has 0 radical (unpaired) electrons. The maximum absolute atomic E-state index is 12.4. The average molecular weight is 319 g/mol. The second-order valence-corrected chi connectivity index (χ2v) is 8.16. The molecule has 6 nitrogen and oxygen atoms in total. The van der Waals surface area contributed by atoms with E-state index in [0.29, 0.717) is 25.6 Å². The molecule has 2 fully saturated rings. The predicted octanol–water partition coefficient (Wildman–Crippen LogP) is 0.711. The van der Waals surface area contributed by atoms with Crippen molar-refractivity contribution in [3.63, 3.8) is 0 Å². The zero-order chi connectivity index (χ0) is 15.3. The summed E-state index contributed by atoms with van der Waals surface area (Å²) in [5.41, 5.74) is -0.341. The summed E-state index contributed by atoms with van der Waals surface area (Å²) < 4.78 is 34.9. The molecule has 2 aliphatic rings. The van der Waals surface area contributed by atoms with E-state index in [-0.39, 0.29) is 5.60 Å². The normalized spacial score (nSPS) is 31.6. The Bertz CT molecular complexity index is 421. The first-order valence-corrected chi connectivity index (χ1v) is 9.48. The molecular formula is C14H29N3O3S. The molecule has 2 rings (SSSR count). The van der Waals surface area contributed by atoms with Crippen LogP contribution in [-0.2, 0) is 14.9 Å². The highest BCUT2D eigenvalue weighted by molar-refractivity contribution is 7.87. The van der Waals surface area contributed by atoms with Crippen molar-refractivity contribution < 1.29 is 13.2 Å². The van der Waals surface area contributed by atoms with Crippen LogP contribution in [0.2, 0.25) is 0 Å². The van der Waals surface area contributed by atoms with Crippen LogP contribution in [0.3, 0.4) is 0 Å². The summed E-state index contributed by atoms with van der Waals surface area (Å²) in [5, 5.41) is 3.31. The van der Waals surface area contributed by atoms with Crippen molar-refractivity contribution in [1.29, 1.82) is 0 Å².